The molecule has 2 N–H and O–H groups in total. The van der Waals surface area contributed by atoms with Crippen LogP contribution in [0.15, 0.2) is 54.7 Å². The Bertz CT molecular complexity index is 1060. The fourth-order valence-corrected chi connectivity index (χ4v) is 3.60. The van der Waals surface area contributed by atoms with Crippen molar-refractivity contribution in [2.45, 2.75) is 6.42 Å². The number of H-pyrrole nitrogens is 1. The van der Waals surface area contributed by atoms with Gasteiger partial charge in [-0.15, -0.1) is 11.3 Å². The second-order valence-corrected chi connectivity index (χ2v) is 6.99. The summed E-state index contributed by atoms with van der Waals surface area (Å²) in [6, 6.07) is 15.2. The first kappa shape index (κ1) is 15.8. The molecule has 0 radical (unpaired) electrons. The Morgan fingerprint density at radius 3 is 2.84 bits per heavy atom. The van der Waals surface area contributed by atoms with Gasteiger partial charge in [0.1, 0.15) is 0 Å². The molecule has 0 spiro atoms. The number of hydrogen-bond acceptors (Lipinski definition) is 4. The topological polar surface area (TPSA) is 70.7 Å². The largest absolute Gasteiger partial charge is 0.296 e. The van der Waals surface area contributed by atoms with Crippen LogP contribution in [0.4, 0.5) is 5.13 Å². The molecule has 5 nitrogen and oxygen atoms in total. The second kappa shape index (κ2) is 6.66. The lowest BCUT2D eigenvalue weighted by atomic mass is 10.1. The van der Waals surface area contributed by atoms with E-state index in [0.29, 0.717) is 17.2 Å². The molecule has 25 heavy (non-hydrogen) atoms. The number of hydrogen-bond donors (Lipinski definition) is 2. The number of carbonyl (C=O) groups is 1. The minimum atomic E-state index is -0.281. The summed E-state index contributed by atoms with van der Waals surface area (Å²) >= 11 is 7.62. The molecule has 124 valence electrons. The smallest absolute Gasteiger partial charge is 0.278 e. The number of para-hydroxylation sites is 1. The molecular formula is C18H13ClN4OS. The SMILES string of the molecule is O=C(Nc1ncc(Cc2ccccc2Cl)s1)c1n[nH]c2ccccc12. The van der Waals surface area contributed by atoms with Gasteiger partial charge < -0.3 is 0 Å². The van der Waals surface area contributed by atoms with Gasteiger partial charge in [-0.3, -0.25) is 15.2 Å². The van der Waals surface area contributed by atoms with Crippen LogP contribution >= 0.6 is 22.9 Å². The number of aromatic amines is 1. The molecule has 0 saturated heterocycles. The van der Waals surface area contributed by atoms with E-state index in [2.05, 4.69) is 20.5 Å². The molecule has 2 aromatic carbocycles. The van der Waals surface area contributed by atoms with Crippen LogP contribution in [0.2, 0.25) is 5.02 Å². The summed E-state index contributed by atoms with van der Waals surface area (Å²) in [7, 11) is 0. The molecule has 0 aliphatic carbocycles. The van der Waals surface area contributed by atoms with E-state index >= 15 is 0 Å². The molecule has 7 heteroatoms. The number of halogens is 1. The fraction of sp³-hybridized carbons (Fsp3) is 0.0556. The Kier molecular flexibility index (Phi) is 4.21. The molecule has 4 rings (SSSR count). The Balaban J connectivity index is 1.51. The molecule has 0 aliphatic heterocycles. The van der Waals surface area contributed by atoms with Crippen LogP contribution in [0.5, 0.6) is 0 Å². The third-order valence-corrected chi connectivity index (χ3v) is 5.06. The first-order valence-corrected chi connectivity index (χ1v) is 8.83. The summed E-state index contributed by atoms with van der Waals surface area (Å²) < 4.78 is 0. The number of nitrogens with zero attached hydrogens (tertiary/aromatic N) is 2. The Hall–Kier alpha value is -2.70. The van der Waals surface area contributed by atoms with Gasteiger partial charge in [-0.2, -0.15) is 5.10 Å². The van der Waals surface area contributed by atoms with Gasteiger partial charge in [-0.05, 0) is 17.7 Å². The highest BCUT2D eigenvalue weighted by Crippen LogP contribution is 2.25. The number of fused-ring (bicyclic) bond motifs is 1. The summed E-state index contributed by atoms with van der Waals surface area (Å²) in [5.74, 6) is -0.281. The number of anilines is 1. The summed E-state index contributed by atoms with van der Waals surface area (Å²) in [6.07, 6.45) is 2.44. The van der Waals surface area contributed by atoms with Gasteiger partial charge in [-0.1, -0.05) is 48.0 Å². The van der Waals surface area contributed by atoms with Crippen LogP contribution < -0.4 is 5.32 Å². The fourth-order valence-electron chi connectivity index (χ4n) is 2.57. The molecule has 4 aromatic rings. The van der Waals surface area contributed by atoms with E-state index in [1.807, 2.05) is 48.5 Å². The van der Waals surface area contributed by atoms with Crippen molar-refractivity contribution in [3.05, 3.63) is 75.9 Å². The van der Waals surface area contributed by atoms with Crippen LogP contribution in [0, 0.1) is 0 Å². The summed E-state index contributed by atoms with van der Waals surface area (Å²) in [4.78, 5) is 17.8. The molecule has 1 amide bonds. The van der Waals surface area contributed by atoms with Gasteiger partial charge in [-0.25, -0.2) is 4.98 Å². The Labute approximate surface area is 152 Å². The van der Waals surface area contributed by atoms with Crippen LogP contribution in [0.1, 0.15) is 20.9 Å². The quantitative estimate of drug-likeness (QED) is 0.556. The predicted molar refractivity (Wildman–Crippen MR) is 100 cm³/mol. The third kappa shape index (κ3) is 3.26. The highest BCUT2D eigenvalue weighted by atomic mass is 35.5. The minimum Gasteiger partial charge on any atom is -0.296 e. The predicted octanol–water partition coefficient (Wildman–Crippen LogP) is 4.52. The zero-order valence-electron chi connectivity index (χ0n) is 13.0. The Morgan fingerprint density at radius 1 is 1.16 bits per heavy atom. The molecule has 2 heterocycles. The van der Waals surface area contributed by atoms with Gasteiger partial charge in [0.25, 0.3) is 5.91 Å². The third-order valence-electron chi connectivity index (χ3n) is 3.78. The maximum Gasteiger partial charge on any atom is 0.278 e. The second-order valence-electron chi connectivity index (χ2n) is 5.47. The highest BCUT2D eigenvalue weighted by Gasteiger charge is 2.15. The minimum absolute atomic E-state index is 0.281. The van der Waals surface area contributed by atoms with Gasteiger partial charge in [0.15, 0.2) is 10.8 Å². The van der Waals surface area contributed by atoms with E-state index in [1.165, 1.54) is 11.3 Å². The van der Waals surface area contributed by atoms with Crippen molar-refractivity contribution >= 4 is 44.9 Å². The molecule has 0 unspecified atom stereocenters. The lowest BCUT2D eigenvalue weighted by Gasteiger charge is -2.01. The number of carbonyl (C=O) groups excluding carboxylic acids is 1. The molecule has 2 aromatic heterocycles. The van der Waals surface area contributed by atoms with Gasteiger partial charge in [0, 0.05) is 27.9 Å². The monoisotopic (exact) mass is 368 g/mol. The van der Waals surface area contributed by atoms with Crippen molar-refractivity contribution < 1.29 is 4.79 Å². The summed E-state index contributed by atoms with van der Waals surface area (Å²) in [6.45, 7) is 0. The number of aromatic nitrogens is 3. The molecule has 0 fully saturated rings. The van der Waals surface area contributed by atoms with E-state index in [1.54, 1.807) is 6.20 Å². The van der Waals surface area contributed by atoms with E-state index in [0.717, 1.165) is 26.4 Å². The summed E-state index contributed by atoms with van der Waals surface area (Å²) in [5.41, 5.74) is 2.22. The van der Waals surface area contributed by atoms with Crippen molar-refractivity contribution in [1.82, 2.24) is 15.2 Å². The lowest BCUT2D eigenvalue weighted by molar-refractivity contribution is 0.102. The van der Waals surface area contributed by atoms with Crippen molar-refractivity contribution in [3.63, 3.8) is 0 Å². The average molecular weight is 369 g/mol. The van der Waals surface area contributed by atoms with Crippen LogP contribution in [0.3, 0.4) is 0 Å². The van der Waals surface area contributed by atoms with Crippen molar-refractivity contribution in [2.75, 3.05) is 5.32 Å². The number of rotatable bonds is 4. The van der Waals surface area contributed by atoms with Gasteiger partial charge >= 0.3 is 0 Å². The first-order valence-electron chi connectivity index (χ1n) is 7.63. The number of amides is 1. The molecular weight excluding hydrogens is 356 g/mol. The number of nitrogens with one attached hydrogen (secondary N) is 2. The van der Waals surface area contributed by atoms with Crippen molar-refractivity contribution in [3.8, 4) is 0 Å². The molecule has 0 bridgehead atoms. The molecule has 0 saturated carbocycles. The van der Waals surface area contributed by atoms with Crippen LogP contribution in [0.25, 0.3) is 10.9 Å². The highest BCUT2D eigenvalue weighted by molar-refractivity contribution is 7.15. The molecule has 0 aliphatic rings. The normalized spacial score (nSPS) is 10.9. The standard InChI is InChI=1S/C18H13ClN4OS/c19-14-7-3-1-5-11(14)9-12-10-20-18(25-12)21-17(24)16-13-6-2-4-8-15(13)22-23-16/h1-8,10H,9H2,(H,22,23)(H,20,21,24). The average Bonchev–Trinajstić information content (AvgIpc) is 3.23. The van der Waals surface area contributed by atoms with Crippen LogP contribution in [-0.2, 0) is 6.42 Å². The van der Waals surface area contributed by atoms with E-state index in [-0.39, 0.29) is 5.91 Å². The van der Waals surface area contributed by atoms with Crippen LogP contribution in [-0.4, -0.2) is 21.1 Å². The summed E-state index contributed by atoms with van der Waals surface area (Å²) in [5, 5.41) is 11.8. The van der Waals surface area contributed by atoms with Gasteiger partial charge in [0.2, 0.25) is 0 Å². The number of thiazole rings is 1. The van der Waals surface area contributed by atoms with E-state index in [9.17, 15) is 4.79 Å². The van der Waals surface area contributed by atoms with E-state index in [4.69, 9.17) is 11.6 Å². The van der Waals surface area contributed by atoms with E-state index < -0.39 is 0 Å². The van der Waals surface area contributed by atoms with Gasteiger partial charge in [0.05, 0.1) is 5.52 Å². The zero-order chi connectivity index (χ0) is 17.2. The van der Waals surface area contributed by atoms with Crippen molar-refractivity contribution in [2.24, 2.45) is 0 Å². The van der Waals surface area contributed by atoms with Crippen molar-refractivity contribution in [1.29, 1.82) is 0 Å². The first-order chi connectivity index (χ1) is 12.2. The zero-order valence-corrected chi connectivity index (χ0v) is 14.6. The molecule has 0 atom stereocenters. The maximum atomic E-state index is 12.5. The lowest BCUT2D eigenvalue weighted by Crippen LogP contribution is -2.12. The maximum absolute atomic E-state index is 12.5. The Morgan fingerprint density at radius 2 is 1.96 bits per heavy atom. The number of benzene rings is 2.